The second-order valence-electron chi connectivity index (χ2n) is 22.9. The average Bonchev–Trinajstić information content (AvgIpc) is 0.717. The molecule has 3 aliphatic rings. The van der Waals surface area contributed by atoms with Crippen LogP contribution in [0.25, 0.3) is 49.9 Å². The van der Waals surface area contributed by atoms with Crippen molar-refractivity contribution in [3.8, 4) is 57.6 Å². The summed E-state index contributed by atoms with van der Waals surface area (Å²) < 4.78 is 38.1. The summed E-state index contributed by atoms with van der Waals surface area (Å²) in [5.41, 5.74) is 13.4. The zero-order chi connectivity index (χ0) is 68.2. The highest BCUT2D eigenvalue weighted by Gasteiger charge is 2.40. The highest BCUT2D eigenvalue weighted by molar-refractivity contribution is 6.07. The van der Waals surface area contributed by atoms with Crippen LogP contribution in [0, 0.1) is 12.3 Å². The van der Waals surface area contributed by atoms with Crippen molar-refractivity contribution in [2.45, 2.75) is 64.6 Å². The molecule has 0 fully saturated rings. The summed E-state index contributed by atoms with van der Waals surface area (Å²) in [6, 6.07) is 59.2. The molecule has 0 spiro atoms. The molecule has 492 valence electrons. The van der Waals surface area contributed by atoms with Crippen molar-refractivity contribution in [1.82, 2.24) is 0 Å². The van der Waals surface area contributed by atoms with Gasteiger partial charge < -0.3 is 43.4 Å². The Kier molecular flexibility index (Phi) is 20.4. The van der Waals surface area contributed by atoms with Crippen LogP contribution in [-0.4, -0.2) is 75.2 Å². The van der Waals surface area contributed by atoms with E-state index in [1.54, 1.807) is 90.4 Å². The maximum atomic E-state index is 12.1. The van der Waals surface area contributed by atoms with Crippen LogP contribution in [0.5, 0.6) is 23.0 Å². The molecule has 0 radical (unpaired) electrons. The number of anilines is 4. The molecule has 0 unspecified atom stereocenters. The Morgan fingerprint density at radius 3 is 1.34 bits per heavy atom. The average molecular weight is 1300 g/mol. The Morgan fingerprint density at radius 2 is 0.897 bits per heavy atom. The zero-order valence-corrected chi connectivity index (χ0v) is 54.7. The van der Waals surface area contributed by atoms with Crippen molar-refractivity contribution >= 4 is 74.7 Å². The number of terminal acetylenes is 1. The van der Waals surface area contributed by atoms with Crippen molar-refractivity contribution in [2.24, 2.45) is 0 Å². The lowest BCUT2D eigenvalue weighted by atomic mass is 9.77. The molecule has 10 aromatic carbocycles. The van der Waals surface area contributed by atoms with E-state index in [0.717, 1.165) is 81.2 Å². The van der Waals surface area contributed by atoms with E-state index in [4.69, 9.17) is 39.6 Å². The summed E-state index contributed by atoms with van der Waals surface area (Å²) >= 11 is 0. The number of ether oxygens (including phenoxy) is 7. The normalized spacial score (nSPS) is 12.6. The Hall–Kier alpha value is -11.7. The third-order valence-corrected chi connectivity index (χ3v) is 17.2. The number of rotatable bonds is 14. The Morgan fingerprint density at radius 1 is 0.495 bits per heavy atom. The maximum Gasteiger partial charge on any atom is 0.411 e. The third-order valence-electron chi connectivity index (χ3n) is 17.2. The second kappa shape index (κ2) is 29.7. The first kappa shape index (κ1) is 66.7. The number of aliphatic hydroxyl groups is 1. The summed E-state index contributed by atoms with van der Waals surface area (Å²) in [7, 11) is 3.32. The first-order valence-electron chi connectivity index (χ1n) is 32.1. The van der Waals surface area contributed by atoms with Crippen LogP contribution in [0.1, 0.15) is 77.8 Å². The van der Waals surface area contributed by atoms with E-state index in [-0.39, 0.29) is 26.4 Å². The number of aromatic hydroxyl groups is 1. The van der Waals surface area contributed by atoms with Gasteiger partial charge in [0.2, 0.25) is 0 Å². The fourth-order valence-corrected chi connectivity index (χ4v) is 12.6. The summed E-state index contributed by atoms with van der Waals surface area (Å²) in [6.45, 7) is 8.04. The Bertz CT molecular complexity index is 4510. The Labute approximate surface area is 562 Å². The quantitative estimate of drug-likeness (QED) is 0.0441. The lowest BCUT2D eigenvalue weighted by molar-refractivity contribution is 0.145. The minimum atomic E-state index is -1.68. The molecule has 1 aliphatic heterocycles. The van der Waals surface area contributed by atoms with Crippen LogP contribution < -0.4 is 35.5 Å². The largest absolute Gasteiger partial charge is 0.507 e. The molecule has 2 aliphatic carbocycles. The predicted molar refractivity (Wildman–Crippen MR) is 379 cm³/mol. The van der Waals surface area contributed by atoms with Crippen molar-refractivity contribution in [3.05, 3.63) is 244 Å². The smallest absolute Gasteiger partial charge is 0.411 e. The topological polar surface area (TPSA) is 221 Å². The van der Waals surface area contributed by atoms with Crippen LogP contribution in [0.3, 0.4) is 0 Å². The van der Waals surface area contributed by atoms with Crippen LogP contribution in [0.15, 0.2) is 194 Å². The van der Waals surface area contributed by atoms with Crippen molar-refractivity contribution in [1.29, 1.82) is 0 Å². The molecular formula is C80H74N4O13. The van der Waals surface area contributed by atoms with Crippen LogP contribution in [-0.2, 0) is 55.8 Å². The van der Waals surface area contributed by atoms with E-state index in [1.165, 1.54) is 44.5 Å². The maximum absolute atomic E-state index is 12.1. The first-order chi connectivity index (χ1) is 47.1. The lowest BCUT2D eigenvalue weighted by Crippen LogP contribution is -2.34. The van der Waals surface area contributed by atoms with Crippen molar-refractivity contribution < 1.29 is 62.5 Å². The fraction of sp³-hybridized carbons (Fsp3) is 0.200. The van der Waals surface area contributed by atoms with Gasteiger partial charge in [-0.05, 0) is 206 Å². The van der Waals surface area contributed by atoms with Gasteiger partial charge in [-0.15, -0.1) is 6.42 Å². The first-order valence-corrected chi connectivity index (χ1v) is 32.1. The fourth-order valence-electron chi connectivity index (χ4n) is 12.6. The van der Waals surface area contributed by atoms with E-state index in [2.05, 4.69) is 100 Å². The lowest BCUT2D eigenvalue weighted by Gasteiger charge is -2.38. The summed E-state index contributed by atoms with van der Waals surface area (Å²) in [4.78, 5) is 47.2. The van der Waals surface area contributed by atoms with Gasteiger partial charge in [0.15, 0.2) is 11.2 Å². The van der Waals surface area contributed by atoms with Gasteiger partial charge in [-0.2, -0.15) is 0 Å². The van der Waals surface area contributed by atoms with Gasteiger partial charge in [0, 0.05) is 61.3 Å². The van der Waals surface area contributed by atoms with E-state index in [1.807, 2.05) is 78.9 Å². The molecule has 17 heteroatoms. The molecule has 0 bridgehead atoms. The molecule has 0 saturated carbocycles. The molecule has 0 aromatic heterocycles. The zero-order valence-electron chi connectivity index (χ0n) is 54.7. The Balaban J connectivity index is 0.000000164. The van der Waals surface area contributed by atoms with Crippen LogP contribution in [0.4, 0.5) is 41.9 Å². The number of hydrogen-bond acceptors (Lipinski definition) is 13. The number of benzene rings is 10. The molecule has 0 saturated heterocycles. The molecule has 1 heterocycles. The second-order valence-corrected chi connectivity index (χ2v) is 22.9. The summed E-state index contributed by atoms with van der Waals surface area (Å²) in [5, 5.41) is 36.0. The summed E-state index contributed by atoms with van der Waals surface area (Å²) in [5.74, 6) is 5.01. The minimum absolute atomic E-state index is 0.266. The number of phenols is 1. The number of methoxy groups -OCH3 is 2. The molecule has 17 nitrogen and oxygen atoms in total. The van der Waals surface area contributed by atoms with E-state index in [9.17, 15) is 29.4 Å². The van der Waals surface area contributed by atoms with Gasteiger partial charge in [0.05, 0.1) is 40.6 Å². The minimum Gasteiger partial charge on any atom is -0.507 e. The van der Waals surface area contributed by atoms with Gasteiger partial charge >= 0.3 is 24.4 Å². The standard InChI is InChI=1S/C40H36N2O6.C21H22N2O5.C19H16O2/c1-4-46-38(43)41-28-15-11-26(12-16-28)40(27-13-17-29(18-14-27)42-39(44)47-5-2)23-22-34-32-20-10-25-8-6-7-9-31(25)36(32)33-21-19-30(45-3)24-35(33)37(34)48-40;1-4-21(26,15-7-11-17(12-8-15)22-19(24)27-5-2)16-9-13-18(14-10-16)23-20(25)28-6-3;1-21-14-8-9-16-17(11-14)18(20)10-13-7-6-12-4-2-3-5-15(12)19(13)16/h6-9,11-19,21-24H,4-5,10,20H2,1-3H3,(H,41,43)(H,42,44);1,7-14,26H,5-6H2,2-3H3,(H,22,24)(H,23,25);2-5,8-11,20H,6-7H2,1H3. The third kappa shape index (κ3) is 14.2. The molecule has 6 N–H and O–H groups in total. The molecule has 10 aromatic rings. The molecule has 0 atom stereocenters. The van der Waals surface area contributed by atoms with Gasteiger partial charge in [-0.1, -0.05) is 109 Å². The summed E-state index contributed by atoms with van der Waals surface area (Å²) in [6.07, 6.45) is 11.6. The van der Waals surface area contributed by atoms with E-state index < -0.39 is 35.6 Å². The van der Waals surface area contributed by atoms with Gasteiger partial charge in [0.25, 0.3) is 0 Å². The van der Waals surface area contributed by atoms with E-state index >= 15 is 0 Å². The van der Waals surface area contributed by atoms with Gasteiger partial charge in [-0.3, -0.25) is 21.3 Å². The van der Waals surface area contributed by atoms with Gasteiger partial charge in [-0.25, -0.2) is 19.2 Å². The number of aryl methyl sites for hydroxylation is 3. The van der Waals surface area contributed by atoms with Crippen LogP contribution in [0.2, 0.25) is 0 Å². The number of carbonyl (C=O) groups is 4. The van der Waals surface area contributed by atoms with Crippen molar-refractivity contribution in [3.63, 3.8) is 0 Å². The number of hydrogen-bond donors (Lipinski definition) is 6. The van der Waals surface area contributed by atoms with Crippen LogP contribution >= 0.6 is 0 Å². The highest BCUT2D eigenvalue weighted by atomic mass is 16.6. The number of fused-ring (bicyclic) bond motifs is 13. The number of nitrogens with one attached hydrogen (secondary N) is 4. The number of phenolic OH excluding ortho intramolecular Hbond substituents is 1. The van der Waals surface area contributed by atoms with E-state index in [0.29, 0.717) is 39.6 Å². The number of carbonyl (C=O) groups excluding carboxylic acids is 4. The molecule has 4 amide bonds. The molecular weight excluding hydrogens is 1220 g/mol. The molecule has 97 heavy (non-hydrogen) atoms. The molecule has 13 rings (SSSR count). The van der Waals surface area contributed by atoms with Crippen molar-refractivity contribution in [2.75, 3.05) is 61.9 Å². The SMILES string of the molecule is C#CC(O)(c1ccc(NC(=O)OCC)cc1)c1ccc(NC(=O)OCC)cc1.CCOC(=O)Nc1ccc(C2(c3ccc(NC(=O)OCC)cc3)C=Cc3c4c(c5ccc(OC)cc5c3O2)-c2ccccc2CC4)cc1.COc1ccc2c3c(cc(O)c2c1)CCc1ccccc1-3. The number of amides is 4. The van der Waals surface area contributed by atoms with Gasteiger partial charge in [0.1, 0.15) is 23.0 Å². The predicted octanol–water partition coefficient (Wildman–Crippen LogP) is 17.1. The monoisotopic (exact) mass is 1300 g/mol. The highest BCUT2D eigenvalue weighted by Crippen LogP contribution is 2.52.